The highest BCUT2D eigenvalue weighted by molar-refractivity contribution is 5.91. The average Bonchev–Trinajstić information content (AvgIpc) is 2.61. The molecular weight excluding hydrogens is 352 g/mol. The van der Waals surface area contributed by atoms with Crippen LogP contribution in [0.2, 0.25) is 0 Å². The highest BCUT2D eigenvalue weighted by Gasteiger charge is 2.44. The van der Waals surface area contributed by atoms with Gasteiger partial charge in [0.05, 0.1) is 6.61 Å². The third-order valence-electron chi connectivity index (χ3n) is 4.04. The van der Waals surface area contributed by atoms with E-state index in [1.807, 2.05) is 0 Å². The zero-order valence-electron chi connectivity index (χ0n) is 13.2. The molecule has 5 N–H and O–H groups in total. The van der Waals surface area contributed by atoms with Crippen LogP contribution >= 0.6 is 0 Å². The fourth-order valence-electron chi connectivity index (χ4n) is 2.61. The van der Waals surface area contributed by atoms with Crippen LogP contribution in [0.5, 0.6) is 5.75 Å². The van der Waals surface area contributed by atoms with Gasteiger partial charge in [0.1, 0.15) is 41.3 Å². The van der Waals surface area contributed by atoms with Crippen molar-refractivity contribution in [2.45, 2.75) is 30.7 Å². The average molecular weight is 368 g/mol. The van der Waals surface area contributed by atoms with Gasteiger partial charge in [-0.3, -0.25) is 0 Å². The maximum absolute atomic E-state index is 11.6. The van der Waals surface area contributed by atoms with Crippen LogP contribution in [-0.2, 0) is 4.74 Å². The van der Waals surface area contributed by atoms with Gasteiger partial charge >= 0.3 is 11.6 Å². The van der Waals surface area contributed by atoms with Crippen LogP contribution in [-0.4, -0.2) is 68.8 Å². The Balaban J connectivity index is 1.88. The van der Waals surface area contributed by atoms with Crippen LogP contribution in [0.15, 0.2) is 33.5 Å². The summed E-state index contributed by atoms with van der Waals surface area (Å²) in [5, 5.41) is 47.9. The molecule has 0 saturated carbocycles. The summed E-state index contributed by atoms with van der Waals surface area (Å²) in [5.74, 6) is -1.32. The van der Waals surface area contributed by atoms with Gasteiger partial charge in [0.2, 0.25) is 6.29 Å². The first kappa shape index (κ1) is 18.3. The van der Waals surface area contributed by atoms with E-state index in [1.54, 1.807) is 0 Å². The quantitative estimate of drug-likeness (QED) is 0.408. The highest BCUT2D eigenvalue weighted by Crippen LogP contribution is 2.26. The van der Waals surface area contributed by atoms with Crippen molar-refractivity contribution >= 4 is 16.9 Å². The van der Waals surface area contributed by atoms with Gasteiger partial charge < -0.3 is 39.4 Å². The van der Waals surface area contributed by atoms with Gasteiger partial charge in [0.25, 0.3) is 0 Å². The lowest BCUT2D eigenvalue weighted by Crippen LogP contribution is -2.60. The molecule has 10 heteroatoms. The number of ether oxygens (including phenoxy) is 2. The second-order valence-electron chi connectivity index (χ2n) is 5.77. The van der Waals surface area contributed by atoms with E-state index in [-0.39, 0.29) is 11.3 Å². The summed E-state index contributed by atoms with van der Waals surface area (Å²) in [5.41, 5.74) is -1.50. The predicted octanol–water partition coefficient (Wildman–Crippen LogP) is -1.33. The van der Waals surface area contributed by atoms with Crippen molar-refractivity contribution < 1.29 is 44.2 Å². The van der Waals surface area contributed by atoms with E-state index in [1.165, 1.54) is 18.2 Å². The molecule has 0 amide bonds. The van der Waals surface area contributed by atoms with Crippen molar-refractivity contribution in [1.29, 1.82) is 0 Å². The molecule has 26 heavy (non-hydrogen) atoms. The molecule has 0 unspecified atom stereocenters. The van der Waals surface area contributed by atoms with Crippen molar-refractivity contribution in [3.63, 3.8) is 0 Å². The van der Waals surface area contributed by atoms with Crippen molar-refractivity contribution in [1.82, 2.24) is 0 Å². The summed E-state index contributed by atoms with van der Waals surface area (Å²) in [6.45, 7) is -0.602. The molecule has 1 aromatic heterocycles. The lowest BCUT2D eigenvalue weighted by atomic mass is 9.99. The van der Waals surface area contributed by atoms with Gasteiger partial charge in [0, 0.05) is 11.5 Å². The number of hydrogen-bond donors (Lipinski definition) is 5. The number of benzene rings is 1. The van der Waals surface area contributed by atoms with Gasteiger partial charge in [-0.2, -0.15) is 0 Å². The Hall–Kier alpha value is -2.50. The van der Waals surface area contributed by atoms with Gasteiger partial charge in [0.15, 0.2) is 0 Å². The summed E-state index contributed by atoms with van der Waals surface area (Å²) >= 11 is 0. The topological polar surface area (TPSA) is 167 Å². The van der Waals surface area contributed by atoms with E-state index >= 15 is 0 Å². The van der Waals surface area contributed by atoms with E-state index in [0.717, 1.165) is 6.07 Å². The minimum absolute atomic E-state index is 0.0436. The van der Waals surface area contributed by atoms with Crippen LogP contribution in [0.3, 0.4) is 0 Å². The molecule has 1 aromatic carbocycles. The van der Waals surface area contributed by atoms with Crippen LogP contribution in [0.1, 0.15) is 10.4 Å². The number of rotatable bonds is 4. The van der Waals surface area contributed by atoms with E-state index in [0.29, 0.717) is 5.39 Å². The molecule has 2 aromatic rings. The number of fused-ring (bicyclic) bond motifs is 1. The molecular formula is C16H16O10. The smallest absolute Gasteiger partial charge is 0.351 e. The Morgan fingerprint density at radius 2 is 1.85 bits per heavy atom. The normalized spacial score (nSPS) is 28.8. The minimum Gasteiger partial charge on any atom is -0.477 e. The largest absolute Gasteiger partial charge is 0.477 e. The van der Waals surface area contributed by atoms with Gasteiger partial charge in [-0.1, -0.05) is 0 Å². The number of carboxylic acids is 1. The number of carboxylic acid groups (broad SMARTS) is 1. The lowest BCUT2D eigenvalue weighted by Gasteiger charge is -2.39. The molecule has 1 saturated heterocycles. The summed E-state index contributed by atoms with van der Waals surface area (Å²) in [6, 6.07) is 5.28. The van der Waals surface area contributed by atoms with Crippen LogP contribution in [0.25, 0.3) is 11.0 Å². The fraction of sp³-hybridized carbons (Fsp3) is 0.375. The Labute approximate surface area is 145 Å². The van der Waals surface area contributed by atoms with E-state index < -0.39 is 54.5 Å². The first-order valence-electron chi connectivity index (χ1n) is 7.60. The number of aromatic carboxylic acids is 1. The van der Waals surface area contributed by atoms with Crippen molar-refractivity contribution in [3.8, 4) is 5.75 Å². The Kier molecular flexibility index (Phi) is 4.94. The number of hydrogen-bond acceptors (Lipinski definition) is 9. The Bertz CT molecular complexity index is 873. The third kappa shape index (κ3) is 3.28. The molecule has 0 bridgehead atoms. The summed E-state index contributed by atoms with van der Waals surface area (Å²) in [6.07, 6.45) is -7.23. The zero-order chi connectivity index (χ0) is 19.0. The van der Waals surface area contributed by atoms with Gasteiger partial charge in [-0.05, 0) is 18.2 Å². The predicted molar refractivity (Wildman–Crippen MR) is 83.8 cm³/mol. The monoisotopic (exact) mass is 368 g/mol. The molecule has 3 rings (SSSR count). The molecule has 0 spiro atoms. The summed E-state index contributed by atoms with van der Waals surface area (Å²) in [4.78, 5) is 22.6. The second-order valence-corrected chi connectivity index (χ2v) is 5.77. The van der Waals surface area contributed by atoms with Gasteiger partial charge in [-0.25, -0.2) is 9.59 Å². The van der Waals surface area contributed by atoms with E-state index in [9.17, 15) is 24.9 Å². The highest BCUT2D eigenvalue weighted by atomic mass is 16.7. The first-order chi connectivity index (χ1) is 12.3. The minimum atomic E-state index is -1.59. The number of aliphatic hydroxyl groups is 4. The van der Waals surface area contributed by atoms with E-state index in [2.05, 4.69) is 0 Å². The molecule has 1 aliphatic heterocycles. The first-order valence-corrected chi connectivity index (χ1v) is 7.60. The number of carbonyl (C=O) groups is 1. The maximum atomic E-state index is 11.6. The van der Waals surface area contributed by atoms with Gasteiger partial charge in [-0.15, -0.1) is 0 Å². The molecule has 5 atom stereocenters. The molecule has 0 aliphatic carbocycles. The summed E-state index contributed by atoms with van der Waals surface area (Å²) in [7, 11) is 0. The lowest BCUT2D eigenvalue weighted by molar-refractivity contribution is -0.277. The van der Waals surface area contributed by atoms with Crippen molar-refractivity contribution in [2.75, 3.05) is 6.61 Å². The van der Waals surface area contributed by atoms with E-state index in [4.69, 9.17) is 24.1 Å². The molecule has 2 heterocycles. The zero-order valence-corrected chi connectivity index (χ0v) is 13.2. The molecule has 10 nitrogen and oxygen atoms in total. The second kappa shape index (κ2) is 7.02. The molecule has 0 radical (unpaired) electrons. The van der Waals surface area contributed by atoms with Crippen molar-refractivity contribution in [2.24, 2.45) is 0 Å². The molecule has 1 fully saturated rings. The van der Waals surface area contributed by atoms with Crippen LogP contribution in [0.4, 0.5) is 0 Å². The molecule has 1 aliphatic rings. The maximum Gasteiger partial charge on any atom is 0.351 e. The fourth-order valence-corrected chi connectivity index (χ4v) is 2.61. The summed E-state index contributed by atoms with van der Waals surface area (Å²) < 4.78 is 15.6. The number of aliphatic hydroxyl groups excluding tert-OH is 4. The molecule has 140 valence electrons. The third-order valence-corrected chi connectivity index (χ3v) is 4.04. The van der Waals surface area contributed by atoms with Crippen molar-refractivity contribution in [3.05, 3.63) is 40.2 Å². The SMILES string of the molecule is O=C(O)c1cc2ccc(O[C@@H]3O[C@H](CO)[C@@H](O)[C@H](O)[C@H]3O)cc2oc1=O. The van der Waals surface area contributed by atoms with Crippen LogP contribution < -0.4 is 10.4 Å². The standard InChI is InChI=1S/C16H16O10/c17-5-10-11(18)12(19)13(20)16(26-10)24-7-2-1-6-3-8(14(21)22)15(23)25-9(6)4-7/h1-4,10-13,16-20H,5H2,(H,21,22)/t10-,11-,12+,13-,16-/m1/s1. The Morgan fingerprint density at radius 1 is 1.12 bits per heavy atom. The Morgan fingerprint density at radius 3 is 2.50 bits per heavy atom. The van der Waals surface area contributed by atoms with Crippen LogP contribution in [0, 0.1) is 0 Å².